The molecule has 0 amide bonds. The highest BCUT2D eigenvalue weighted by atomic mass is 15.0. The summed E-state index contributed by atoms with van der Waals surface area (Å²) in [5, 5.41) is 0. The van der Waals surface area contributed by atoms with Crippen LogP contribution in [0.15, 0.2) is 25.2 Å². The standard InChI is InChI=1S/C7H9N2/c1-3-4-7-5-9(2)6-8-7/h3-6H,1H2,2H3. The van der Waals surface area contributed by atoms with E-state index in [2.05, 4.69) is 11.6 Å². The van der Waals surface area contributed by atoms with Crippen LogP contribution in [0.4, 0.5) is 0 Å². The lowest BCUT2D eigenvalue weighted by Gasteiger charge is -1.82. The molecule has 1 aromatic rings. The lowest BCUT2D eigenvalue weighted by atomic mass is 10.3. The molecule has 0 bridgehead atoms. The minimum atomic E-state index is 0.951. The summed E-state index contributed by atoms with van der Waals surface area (Å²) < 4.78 is 1.90. The third-order valence-electron chi connectivity index (χ3n) is 1.01. The first kappa shape index (κ1) is 6.08. The second-order valence-corrected chi connectivity index (χ2v) is 1.87. The summed E-state index contributed by atoms with van der Waals surface area (Å²) in [6.07, 6.45) is 7.28. The van der Waals surface area contributed by atoms with E-state index in [1.807, 2.05) is 24.2 Å². The van der Waals surface area contributed by atoms with Crippen LogP contribution >= 0.6 is 0 Å². The summed E-state index contributed by atoms with van der Waals surface area (Å²) in [5.74, 6) is 0. The fourth-order valence-corrected chi connectivity index (χ4v) is 0.640. The number of imidazole rings is 1. The Hall–Kier alpha value is -1.05. The topological polar surface area (TPSA) is 17.8 Å². The summed E-state index contributed by atoms with van der Waals surface area (Å²) >= 11 is 0. The van der Waals surface area contributed by atoms with Crippen LogP contribution in [0.5, 0.6) is 0 Å². The number of hydrogen-bond acceptors (Lipinski definition) is 1. The van der Waals surface area contributed by atoms with Crippen LogP contribution in [0.25, 0.3) is 0 Å². The molecule has 0 spiro atoms. The molecule has 9 heavy (non-hydrogen) atoms. The van der Waals surface area contributed by atoms with Gasteiger partial charge in [-0.25, -0.2) is 4.98 Å². The normalized spacial score (nSPS) is 9.44. The van der Waals surface area contributed by atoms with Crippen molar-refractivity contribution in [3.63, 3.8) is 0 Å². The molecule has 1 radical (unpaired) electrons. The quantitative estimate of drug-likeness (QED) is 0.574. The van der Waals surface area contributed by atoms with Crippen molar-refractivity contribution in [2.24, 2.45) is 7.05 Å². The largest absolute Gasteiger partial charge is 0.340 e. The van der Waals surface area contributed by atoms with Gasteiger partial charge >= 0.3 is 0 Å². The first-order valence-electron chi connectivity index (χ1n) is 2.76. The van der Waals surface area contributed by atoms with E-state index in [0.29, 0.717) is 0 Å². The van der Waals surface area contributed by atoms with Gasteiger partial charge < -0.3 is 4.57 Å². The molecule has 0 atom stereocenters. The van der Waals surface area contributed by atoms with E-state index in [1.54, 1.807) is 12.4 Å². The molecule has 0 aliphatic rings. The molecule has 0 fully saturated rings. The van der Waals surface area contributed by atoms with Crippen LogP contribution in [0.2, 0.25) is 0 Å². The zero-order chi connectivity index (χ0) is 6.69. The zero-order valence-electron chi connectivity index (χ0n) is 5.41. The van der Waals surface area contributed by atoms with Crippen molar-refractivity contribution in [1.82, 2.24) is 9.55 Å². The highest BCUT2D eigenvalue weighted by Crippen LogP contribution is 1.96. The summed E-state index contributed by atoms with van der Waals surface area (Å²) in [5.41, 5.74) is 0.951. The van der Waals surface area contributed by atoms with Crippen molar-refractivity contribution >= 4 is 0 Å². The molecule has 0 saturated carbocycles. The SMILES string of the molecule is C=C[CH]c1cn(C)cn1. The molecule has 47 valence electrons. The minimum Gasteiger partial charge on any atom is -0.340 e. The van der Waals surface area contributed by atoms with Gasteiger partial charge in [-0.1, -0.05) is 6.08 Å². The monoisotopic (exact) mass is 121 g/mol. The Bertz CT molecular complexity index is 200. The fraction of sp³-hybridized carbons (Fsp3) is 0.143. The third-order valence-corrected chi connectivity index (χ3v) is 1.01. The molecule has 2 heteroatoms. The summed E-state index contributed by atoms with van der Waals surface area (Å²) in [6, 6.07) is 0. The number of aryl methyl sites for hydroxylation is 1. The van der Waals surface area contributed by atoms with Gasteiger partial charge in [-0.05, 0) is 0 Å². The van der Waals surface area contributed by atoms with E-state index in [-0.39, 0.29) is 0 Å². The second-order valence-electron chi connectivity index (χ2n) is 1.87. The van der Waals surface area contributed by atoms with Gasteiger partial charge in [0.25, 0.3) is 0 Å². The number of allylic oxidation sites excluding steroid dienone is 1. The molecule has 0 aliphatic carbocycles. The van der Waals surface area contributed by atoms with Gasteiger partial charge in [-0.2, -0.15) is 0 Å². The molecular formula is C7H9N2. The maximum atomic E-state index is 4.04. The van der Waals surface area contributed by atoms with Crippen LogP contribution < -0.4 is 0 Å². The Kier molecular flexibility index (Phi) is 1.68. The van der Waals surface area contributed by atoms with Gasteiger partial charge in [0.1, 0.15) is 0 Å². The Balaban J connectivity index is 2.72. The Morgan fingerprint density at radius 3 is 3.00 bits per heavy atom. The van der Waals surface area contributed by atoms with Crippen LogP contribution in [0.3, 0.4) is 0 Å². The van der Waals surface area contributed by atoms with Gasteiger partial charge in [-0.15, -0.1) is 6.58 Å². The first-order valence-corrected chi connectivity index (χ1v) is 2.76. The average Bonchev–Trinajstić information content (AvgIpc) is 2.17. The van der Waals surface area contributed by atoms with E-state index in [1.165, 1.54) is 0 Å². The maximum Gasteiger partial charge on any atom is 0.0947 e. The van der Waals surface area contributed by atoms with Crippen molar-refractivity contribution in [2.45, 2.75) is 0 Å². The van der Waals surface area contributed by atoms with Crippen molar-refractivity contribution in [1.29, 1.82) is 0 Å². The molecule has 2 nitrogen and oxygen atoms in total. The smallest absolute Gasteiger partial charge is 0.0947 e. The first-order chi connectivity index (χ1) is 4.33. The Morgan fingerprint density at radius 1 is 1.78 bits per heavy atom. The van der Waals surface area contributed by atoms with Gasteiger partial charge in [0.2, 0.25) is 0 Å². The number of aromatic nitrogens is 2. The van der Waals surface area contributed by atoms with Crippen molar-refractivity contribution in [3.8, 4) is 0 Å². The van der Waals surface area contributed by atoms with Crippen LogP contribution in [-0.4, -0.2) is 9.55 Å². The lowest BCUT2D eigenvalue weighted by molar-refractivity contribution is 0.913. The van der Waals surface area contributed by atoms with E-state index in [0.717, 1.165) is 5.69 Å². The van der Waals surface area contributed by atoms with E-state index in [9.17, 15) is 0 Å². The molecule has 0 saturated heterocycles. The van der Waals surface area contributed by atoms with Gasteiger partial charge in [0, 0.05) is 19.7 Å². The van der Waals surface area contributed by atoms with Crippen LogP contribution in [-0.2, 0) is 7.05 Å². The number of rotatable bonds is 2. The molecule has 1 rings (SSSR count). The van der Waals surface area contributed by atoms with Crippen LogP contribution in [0, 0.1) is 6.42 Å². The predicted octanol–water partition coefficient (Wildman–Crippen LogP) is 1.16. The summed E-state index contributed by atoms with van der Waals surface area (Å²) in [7, 11) is 1.94. The molecule has 0 aliphatic heterocycles. The van der Waals surface area contributed by atoms with Gasteiger partial charge in [0.05, 0.1) is 12.0 Å². The summed E-state index contributed by atoms with van der Waals surface area (Å²) in [4.78, 5) is 4.04. The van der Waals surface area contributed by atoms with Crippen molar-refractivity contribution in [2.75, 3.05) is 0 Å². The Morgan fingerprint density at radius 2 is 2.56 bits per heavy atom. The molecule has 0 aromatic carbocycles. The lowest BCUT2D eigenvalue weighted by Crippen LogP contribution is -1.78. The molecule has 1 heterocycles. The highest BCUT2D eigenvalue weighted by molar-refractivity contribution is 5.15. The Labute approximate surface area is 54.8 Å². The van der Waals surface area contributed by atoms with E-state index in [4.69, 9.17) is 0 Å². The molecule has 1 aromatic heterocycles. The highest BCUT2D eigenvalue weighted by Gasteiger charge is 1.90. The molecular weight excluding hydrogens is 112 g/mol. The number of nitrogens with zero attached hydrogens (tertiary/aromatic N) is 2. The average molecular weight is 121 g/mol. The minimum absolute atomic E-state index is 0.951. The van der Waals surface area contributed by atoms with E-state index >= 15 is 0 Å². The molecule has 0 unspecified atom stereocenters. The van der Waals surface area contributed by atoms with Gasteiger partial charge in [-0.3, -0.25) is 0 Å². The third kappa shape index (κ3) is 1.42. The maximum absolute atomic E-state index is 4.04. The second kappa shape index (κ2) is 2.49. The van der Waals surface area contributed by atoms with Crippen LogP contribution in [0.1, 0.15) is 5.69 Å². The van der Waals surface area contributed by atoms with Crippen molar-refractivity contribution in [3.05, 3.63) is 37.3 Å². The zero-order valence-corrected chi connectivity index (χ0v) is 5.41. The van der Waals surface area contributed by atoms with Crippen molar-refractivity contribution < 1.29 is 0 Å². The van der Waals surface area contributed by atoms with Gasteiger partial charge in [0.15, 0.2) is 0 Å². The van der Waals surface area contributed by atoms with E-state index < -0.39 is 0 Å². The molecule has 0 N–H and O–H groups in total. The predicted molar refractivity (Wildman–Crippen MR) is 36.8 cm³/mol. The fourth-order valence-electron chi connectivity index (χ4n) is 0.640. The summed E-state index contributed by atoms with van der Waals surface area (Å²) in [6.45, 7) is 3.56. The number of hydrogen-bond donors (Lipinski definition) is 0.